The Kier molecular flexibility index (Phi) is 2.87. The van der Waals surface area contributed by atoms with Gasteiger partial charge in [0.1, 0.15) is 6.54 Å². The third-order valence-corrected chi connectivity index (χ3v) is 2.28. The van der Waals surface area contributed by atoms with Gasteiger partial charge in [-0.05, 0) is 18.6 Å². The largest absolute Gasteiger partial charge is 0.465 e. The van der Waals surface area contributed by atoms with Crippen LogP contribution < -0.4 is 5.43 Å². The molecule has 0 radical (unpaired) electrons. The van der Waals surface area contributed by atoms with Crippen molar-refractivity contribution in [2.75, 3.05) is 18.6 Å². The van der Waals surface area contributed by atoms with Crippen molar-refractivity contribution >= 4 is 11.7 Å². The lowest BCUT2D eigenvalue weighted by atomic mass is 10.2. The molecule has 1 N–H and O–H groups in total. The maximum atomic E-state index is 11.2. The molecule has 0 saturated heterocycles. The molecule has 0 fully saturated rings. The molecule has 0 unspecified atom stereocenters. The molecule has 1 aromatic carbocycles. The summed E-state index contributed by atoms with van der Waals surface area (Å²) >= 11 is 0. The zero-order valence-corrected chi connectivity index (χ0v) is 8.69. The molecule has 4 heteroatoms. The molecule has 2 rings (SSSR count). The predicted octanol–water partition coefficient (Wildman–Crippen LogP) is 1.39. The average molecular weight is 206 g/mol. The molecule has 0 saturated carbocycles. The summed E-state index contributed by atoms with van der Waals surface area (Å²) in [5.41, 5.74) is 5.44. The van der Waals surface area contributed by atoms with Crippen molar-refractivity contribution in [1.82, 2.24) is 5.01 Å². The Morgan fingerprint density at radius 1 is 1.53 bits per heavy atom. The van der Waals surface area contributed by atoms with Crippen LogP contribution in [0.3, 0.4) is 0 Å². The highest BCUT2D eigenvalue weighted by molar-refractivity contribution is 5.72. The zero-order valence-electron chi connectivity index (χ0n) is 8.69. The quantitative estimate of drug-likeness (QED) is 0.759. The van der Waals surface area contributed by atoms with E-state index < -0.39 is 0 Å². The molecule has 80 valence electrons. The number of nitrogens with one attached hydrogen (secondary N) is 1. The van der Waals surface area contributed by atoms with Gasteiger partial charge in [-0.15, -0.1) is 0 Å². The molecule has 1 aliphatic rings. The average Bonchev–Trinajstić information content (AvgIpc) is 2.59. The van der Waals surface area contributed by atoms with E-state index in [0.717, 1.165) is 12.2 Å². The molecule has 0 aromatic heterocycles. The van der Waals surface area contributed by atoms with Crippen LogP contribution >= 0.6 is 0 Å². The van der Waals surface area contributed by atoms with Crippen LogP contribution in [0.4, 0.5) is 5.69 Å². The summed E-state index contributed by atoms with van der Waals surface area (Å²) < 4.78 is 4.88. The first-order valence-corrected chi connectivity index (χ1v) is 5.04. The van der Waals surface area contributed by atoms with E-state index in [2.05, 4.69) is 5.43 Å². The van der Waals surface area contributed by atoms with Crippen molar-refractivity contribution < 1.29 is 9.53 Å². The molecular weight excluding hydrogens is 192 g/mol. The molecule has 0 bridgehead atoms. The van der Waals surface area contributed by atoms with Gasteiger partial charge < -0.3 is 10.2 Å². The Bertz CT molecular complexity index is 340. The second kappa shape index (κ2) is 4.31. The predicted molar refractivity (Wildman–Crippen MR) is 57.1 cm³/mol. The second-order valence-electron chi connectivity index (χ2n) is 3.43. The van der Waals surface area contributed by atoms with Crippen LogP contribution in [-0.4, -0.2) is 24.1 Å². The van der Waals surface area contributed by atoms with E-state index in [-0.39, 0.29) is 12.5 Å². The number of nitrogens with zero attached hydrogens (tertiary/aromatic N) is 1. The summed E-state index contributed by atoms with van der Waals surface area (Å²) in [6.45, 7) is 3.27. The monoisotopic (exact) mass is 206 g/mol. The minimum atomic E-state index is -0.196. The van der Waals surface area contributed by atoms with Crippen molar-refractivity contribution in [2.24, 2.45) is 0 Å². The number of carbonyl (C=O) groups is 1. The van der Waals surface area contributed by atoms with Gasteiger partial charge >= 0.3 is 5.97 Å². The number of esters is 1. The first-order chi connectivity index (χ1) is 7.29. The maximum absolute atomic E-state index is 11.2. The Morgan fingerprint density at radius 2 is 2.33 bits per heavy atom. The van der Waals surface area contributed by atoms with Crippen molar-refractivity contribution in [3.8, 4) is 0 Å². The fourth-order valence-corrected chi connectivity index (χ4v) is 1.64. The van der Waals surface area contributed by atoms with Crippen LogP contribution in [0.1, 0.15) is 12.5 Å². The first kappa shape index (κ1) is 9.98. The number of para-hydroxylation sites is 1. The van der Waals surface area contributed by atoms with Gasteiger partial charge in [-0.2, -0.15) is 0 Å². The van der Waals surface area contributed by atoms with Gasteiger partial charge in [0.25, 0.3) is 0 Å². The van der Waals surface area contributed by atoms with Crippen molar-refractivity contribution in [3.05, 3.63) is 29.8 Å². The molecule has 4 nitrogen and oxygen atoms in total. The number of hydrogen-bond donors (Lipinski definition) is 1. The van der Waals surface area contributed by atoms with Crippen molar-refractivity contribution in [2.45, 2.75) is 13.5 Å². The lowest BCUT2D eigenvalue weighted by Crippen LogP contribution is -2.31. The Morgan fingerprint density at radius 3 is 3.07 bits per heavy atom. The van der Waals surface area contributed by atoms with Crippen LogP contribution in [0.15, 0.2) is 24.3 Å². The fourth-order valence-electron chi connectivity index (χ4n) is 1.64. The number of benzene rings is 1. The smallest absolute Gasteiger partial charge is 0.322 e. The number of fused-ring (bicyclic) bond motifs is 1. The second-order valence-corrected chi connectivity index (χ2v) is 3.43. The number of anilines is 1. The topological polar surface area (TPSA) is 41.6 Å². The van der Waals surface area contributed by atoms with Crippen molar-refractivity contribution in [3.63, 3.8) is 0 Å². The summed E-state index contributed by atoms with van der Waals surface area (Å²) in [5, 5.41) is 1.85. The summed E-state index contributed by atoms with van der Waals surface area (Å²) in [6.07, 6.45) is 0. The van der Waals surface area contributed by atoms with Gasteiger partial charge in [-0.3, -0.25) is 4.79 Å². The Balaban J connectivity index is 1.93. The first-order valence-electron chi connectivity index (χ1n) is 5.04. The van der Waals surface area contributed by atoms with Gasteiger partial charge in [0, 0.05) is 6.54 Å². The molecule has 0 aliphatic carbocycles. The zero-order chi connectivity index (χ0) is 10.7. The summed E-state index contributed by atoms with van der Waals surface area (Å²) in [7, 11) is 0. The molecule has 0 spiro atoms. The highest BCUT2D eigenvalue weighted by Crippen LogP contribution is 2.23. The Hall–Kier alpha value is -1.55. The van der Waals surface area contributed by atoms with Crippen molar-refractivity contribution in [1.29, 1.82) is 0 Å². The minimum absolute atomic E-state index is 0.196. The molecular formula is C11H14N2O2. The number of rotatable bonds is 3. The molecule has 1 aromatic rings. The molecule has 1 aliphatic heterocycles. The highest BCUT2D eigenvalue weighted by atomic mass is 16.5. The van der Waals surface area contributed by atoms with Crippen LogP contribution in [0.25, 0.3) is 0 Å². The van der Waals surface area contributed by atoms with Crippen LogP contribution in [0, 0.1) is 0 Å². The number of hydrogen-bond acceptors (Lipinski definition) is 4. The lowest BCUT2D eigenvalue weighted by Gasteiger charge is -2.14. The highest BCUT2D eigenvalue weighted by Gasteiger charge is 2.19. The molecule has 15 heavy (non-hydrogen) atoms. The molecule has 0 amide bonds. The third kappa shape index (κ3) is 2.27. The van der Waals surface area contributed by atoms with Crippen LogP contribution in [0.2, 0.25) is 0 Å². The SMILES string of the molecule is CCOC(=O)CN1Cc2ccccc2N1. The third-order valence-electron chi connectivity index (χ3n) is 2.28. The van der Waals surface area contributed by atoms with E-state index in [1.807, 2.05) is 36.2 Å². The molecule has 1 heterocycles. The number of hydrazine groups is 1. The minimum Gasteiger partial charge on any atom is -0.465 e. The summed E-state index contributed by atoms with van der Waals surface area (Å²) in [4.78, 5) is 11.2. The van der Waals surface area contributed by atoms with Gasteiger partial charge in [-0.25, -0.2) is 5.01 Å². The van der Waals surface area contributed by atoms with Crippen LogP contribution in [0.5, 0.6) is 0 Å². The number of carbonyl (C=O) groups excluding carboxylic acids is 1. The lowest BCUT2D eigenvalue weighted by molar-refractivity contribution is -0.144. The summed E-state index contributed by atoms with van der Waals surface area (Å²) in [6, 6.07) is 8.02. The van der Waals surface area contributed by atoms with Crippen LogP contribution in [-0.2, 0) is 16.1 Å². The number of ether oxygens (including phenoxy) is 1. The summed E-state index contributed by atoms with van der Waals surface area (Å²) in [5.74, 6) is -0.196. The van der Waals surface area contributed by atoms with Gasteiger partial charge in [0.05, 0.1) is 12.3 Å². The molecule has 0 atom stereocenters. The van der Waals surface area contributed by atoms with Gasteiger partial charge in [0.2, 0.25) is 0 Å². The standard InChI is InChI=1S/C11H14N2O2/c1-2-15-11(14)8-13-7-9-5-3-4-6-10(9)12-13/h3-6,12H,2,7-8H2,1H3. The van der Waals surface area contributed by atoms with E-state index in [1.165, 1.54) is 5.56 Å². The van der Waals surface area contributed by atoms with Gasteiger partial charge in [0.15, 0.2) is 0 Å². The normalized spacial score (nSPS) is 14.5. The Labute approximate surface area is 88.8 Å². The van der Waals surface area contributed by atoms with E-state index >= 15 is 0 Å². The van der Waals surface area contributed by atoms with Gasteiger partial charge in [-0.1, -0.05) is 18.2 Å². The van der Waals surface area contributed by atoms with E-state index in [9.17, 15) is 4.79 Å². The van der Waals surface area contributed by atoms with E-state index in [1.54, 1.807) is 0 Å². The fraction of sp³-hybridized carbons (Fsp3) is 0.364. The van der Waals surface area contributed by atoms with E-state index in [4.69, 9.17) is 4.74 Å². The van der Waals surface area contributed by atoms with E-state index in [0.29, 0.717) is 6.61 Å². The maximum Gasteiger partial charge on any atom is 0.322 e.